The van der Waals surface area contributed by atoms with Gasteiger partial charge in [0.2, 0.25) is 11.8 Å². The summed E-state index contributed by atoms with van der Waals surface area (Å²) in [5, 5.41) is 5.27. The Morgan fingerprint density at radius 3 is 2.57 bits per heavy atom. The summed E-state index contributed by atoms with van der Waals surface area (Å²) in [6.45, 7) is 4.43. The predicted molar refractivity (Wildman–Crippen MR) is 76.4 cm³/mol. The van der Waals surface area contributed by atoms with Crippen LogP contribution in [0.15, 0.2) is 0 Å². The van der Waals surface area contributed by atoms with Crippen molar-refractivity contribution in [3.05, 3.63) is 0 Å². The van der Waals surface area contributed by atoms with Crippen LogP contribution in [0.5, 0.6) is 0 Å². The van der Waals surface area contributed by atoms with Gasteiger partial charge in [-0.15, -0.1) is 0 Å². The molecule has 0 aromatic heterocycles. The second-order valence-electron chi connectivity index (χ2n) is 5.43. The number of amides is 4. The van der Waals surface area contributed by atoms with Gasteiger partial charge in [0.15, 0.2) is 0 Å². The molecule has 8 nitrogen and oxygen atoms in total. The zero-order chi connectivity index (χ0) is 15.2. The molecule has 0 saturated carbocycles. The fourth-order valence-electron chi connectivity index (χ4n) is 2.91. The van der Waals surface area contributed by atoms with Gasteiger partial charge in [0.25, 0.3) is 0 Å². The maximum Gasteiger partial charge on any atom is 0.318 e. The topological polar surface area (TPSA) is 108 Å². The Kier molecular flexibility index (Phi) is 5.51. The minimum absolute atomic E-state index is 0.135. The zero-order valence-electron chi connectivity index (χ0n) is 12.1. The maximum atomic E-state index is 12.5. The minimum Gasteiger partial charge on any atom is -0.351 e. The van der Waals surface area contributed by atoms with E-state index in [4.69, 9.17) is 5.73 Å². The van der Waals surface area contributed by atoms with Crippen molar-refractivity contribution in [2.24, 2.45) is 5.73 Å². The standard InChI is InChI=1S/C13H23N5O3/c14-13(21)16-11(19)3-7-17-6-1-2-10(17)12(20)18-8-4-15-5-9-18/h10,15H,1-9H2,(H3,14,16,19,21). The first-order chi connectivity index (χ1) is 10.1. The number of imide groups is 1. The number of carbonyl (C=O) groups is 3. The number of hydrogen-bond acceptors (Lipinski definition) is 5. The lowest BCUT2D eigenvalue weighted by Crippen LogP contribution is -2.52. The van der Waals surface area contributed by atoms with Gasteiger partial charge in [0.05, 0.1) is 6.04 Å². The highest BCUT2D eigenvalue weighted by atomic mass is 16.2. The molecule has 2 saturated heterocycles. The summed E-state index contributed by atoms with van der Waals surface area (Å²) in [6.07, 6.45) is 1.97. The first kappa shape index (κ1) is 15.7. The Bertz CT molecular complexity index is 409. The van der Waals surface area contributed by atoms with E-state index in [0.29, 0.717) is 6.54 Å². The first-order valence-corrected chi connectivity index (χ1v) is 7.41. The molecule has 4 amide bonds. The summed E-state index contributed by atoms with van der Waals surface area (Å²) >= 11 is 0. The fraction of sp³-hybridized carbons (Fsp3) is 0.769. The molecule has 2 aliphatic heterocycles. The van der Waals surface area contributed by atoms with Crippen LogP contribution in [0, 0.1) is 0 Å². The number of carbonyl (C=O) groups excluding carboxylic acids is 3. The molecular weight excluding hydrogens is 274 g/mol. The Balaban J connectivity index is 1.83. The van der Waals surface area contributed by atoms with Crippen LogP contribution in [0.3, 0.4) is 0 Å². The third kappa shape index (κ3) is 4.40. The van der Waals surface area contributed by atoms with E-state index in [1.165, 1.54) is 0 Å². The third-order valence-electron chi connectivity index (χ3n) is 3.97. The summed E-state index contributed by atoms with van der Waals surface area (Å²) in [5.74, 6) is -0.243. The predicted octanol–water partition coefficient (Wildman–Crippen LogP) is -1.53. The molecule has 0 aliphatic carbocycles. The van der Waals surface area contributed by atoms with E-state index in [1.807, 2.05) is 15.1 Å². The largest absolute Gasteiger partial charge is 0.351 e. The number of primary amides is 1. The number of rotatable bonds is 4. The molecule has 2 fully saturated rings. The van der Waals surface area contributed by atoms with Gasteiger partial charge in [0.1, 0.15) is 0 Å². The molecule has 1 unspecified atom stereocenters. The summed E-state index contributed by atoms with van der Waals surface area (Å²) in [6, 6.07) is -0.973. The van der Waals surface area contributed by atoms with E-state index >= 15 is 0 Å². The second-order valence-corrected chi connectivity index (χ2v) is 5.43. The van der Waals surface area contributed by atoms with Crippen LogP contribution < -0.4 is 16.4 Å². The zero-order valence-corrected chi connectivity index (χ0v) is 12.1. The number of nitrogens with one attached hydrogen (secondary N) is 2. The molecule has 8 heteroatoms. The fourth-order valence-corrected chi connectivity index (χ4v) is 2.91. The molecule has 118 valence electrons. The summed E-state index contributed by atoms with van der Waals surface area (Å²) < 4.78 is 0. The van der Waals surface area contributed by atoms with Gasteiger partial charge in [0, 0.05) is 39.1 Å². The highest BCUT2D eigenvalue weighted by Gasteiger charge is 2.33. The number of hydrogen-bond donors (Lipinski definition) is 3. The van der Waals surface area contributed by atoms with E-state index in [0.717, 1.165) is 45.6 Å². The van der Waals surface area contributed by atoms with E-state index < -0.39 is 11.9 Å². The minimum atomic E-state index is -0.838. The van der Waals surface area contributed by atoms with Crippen molar-refractivity contribution in [2.75, 3.05) is 39.3 Å². The average Bonchev–Trinajstić information content (AvgIpc) is 2.93. The van der Waals surface area contributed by atoms with Crippen LogP contribution in [0.2, 0.25) is 0 Å². The lowest BCUT2D eigenvalue weighted by molar-refractivity contribution is -0.137. The quantitative estimate of drug-likeness (QED) is 0.583. The summed E-state index contributed by atoms with van der Waals surface area (Å²) in [7, 11) is 0. The first-order valence-electron chi connectivity index (χ1n) is 7.41. The highest BCUT2D eigenvalue weighted by Crippen LogP contribution is 2.19. The molecule has 2 aliphatic rings. The van der Waals surface area contributed by atoms with Gasteiger partial charge in [-0.1, -0.05) is 0 Å². The van der Waals surface area contributed by atoms with Crippen molar-refractivity contribution in [3.63, 3.8) is 0 Å². The van der Waals surface area contributed by atoms with Crippen molar-refractivity contribution >= 4 is 17.8 Å². The highest BCUT2D eigenvalue weighted by molar-refractivity contribution is 5.93. The Morgan fingerprint density at radius 1 is 1.19 bits per heavy atom. The van der Waals surface area contributed by atoms with Crippen LogP contribution in [-0.2, 0) is 9.59 Å². The lowest BCUT2D eigenvalue weighted by Gasteiger charge is -2.32. The van der Waals surface area contributed by atoms with Gasteiger partial charge in [-0.25, -0.2) is 4.79 Å². The molecule has 0 radical (unpaired) electrons. The molecule has 1 atom stereocenters. The van der Waals surface area contributed by atoms with Crippen molar-refractivity contribution < 1.29 is 14.4 Å². The number of nitrogens with zero attached hydrogens (tertiary/aromatic N) is 2. The van der Waals surface area contributed by atoms with Crippen LogP contribution in [-0.4, -0.2) is 73.0 Å². The van der Waals surface area contributed by atoms with Gasteiger partial charge < -0.3 is 16.0 Å². The molecule has 0 bridgehead atoms. The summed E-state index contributed by atoms with van der Waals surface area (Å²) in [4.78, 5) is 38.5. The SMILES string of the molecule is NC(=O)NC(=O)CCN1CCCC1C(=O)N1CCNCC1. The lowest BCUT2D eigenvalue weighted by atomic mass is 10.1. The smallest absolute Gasteiger partial charge is 0.318 e. The van der Waals surface area contributed by atoms with Gasteiger partial charge in [-0.2, -0.15) is 0 Å². The van der Waals surface area contributed by atoms with E-state index in [2.05, 4.69) is 5.32 Å². The van der Waals surface area contributed by atoms with Crippen LogP contribution in [0.1, 0.15) is 19.3 Å². The van der Waals surface area contributed by atoms with Crippen molar-refractivity contribution in [3.8, 4) is 0 Å². The van der Waals surface area contributed by atoms with E-state index in [-0.39, 0.29) is 18.4 Å². The molecule has 0 spiro atoms. The van der Waals surface area contributed by atoms with Gasteiger partial charge >= 0.3 is 6.03 Å². The summed E-state index contributed by atoms with van der Waals surface area (Å²) in [5.41, 5.74) is 4.90. The number of likely N-dealkylation sites (tertiary alicyclic amines) is 1. The van der Waals surface area contributed by atoms with Gasteiger partial charge in [-0.05, 0) is 19.4 Å². The van der Waals surface area contributed by atoms with E-state index in [9.17, 15) is 14.4 Å². The molecular formula is C13H23N5O3. The molecule has 2 heterocycles. The molecule has 4 N–H and O–H groups in total. The number of piperazine rings is 1. The van der Waals surface area contributed by atoms with Crippen molar-refractivity contribution in [2.45, 2.75) is 25.3 Å². The monoisotopic (exact) mass is 297 g/mol. The Labute approximate surface area is 124 Å². The van der Waals surface area contributed by atoms with Crippen LogP contribution in [0.25, 0.3) is 0 Å². The molecule has 2 rings (SSSR count). The van der Waals surface area contributed by atoms with Crippen LogP contribution >= 0.6 is 0 Å². The second kappa shape index (κ2) is 7.37. The third-order valence-corrected chi connectivity index (χ3v) is 3.97. The maximum absolute atomic E-state index is 12.5. The van der Waals surface area contributed by atoms with Crippen LogP contribution in [0.4, 0.5) is 4.79 Å². The number of urea groups is 1. The van der Waals surface area contributed by atoms with E-state index in [1.54, 1.807) is 0 Å². The Morgan fingerprint density at radius 2 is 1.90 bits per heavy atom. The normalized spacial score (nSPS) is 23.0. The molecule has 21 heavy (non-hydrogen) atoms. The number of nitrogens with two attached hydrogens (primary N) is 1. The Hall–Kier alpha value is -1.67. The van der Waals surface area contributed by atoms with Crippen molar-refractivity contribution in [1.29, 1.82) is 0 Å². The van der Waals surface area contributed by atoms with Crippen molar-refractivity contribution in [1.82, 2.24) is 20.4 Å². The molecule has 0 aromatic carbocycles. The average molecular weight is 297 g/mol. The van der Waals surface area contributed by atoms with Gasteiger partial charge in [-0.3, -0.25) is 19.8 Å². The molecule has 0 aromatic rings.